The van der Waals surface area contributed by atoms with E-state index in [1.165, 1.54) is 11.3 Å². The fourth-order valence-corrected chi connectivity index (χ4v) is 5.91. The van der Waals surface area contributed by atoms with Crippen molar-refractivity contribution in [3.8, 4) is 5.75 Å². The Hall–Kier alpha value is -2.43. The van der Waals surface area contributed by atoms with Gasteiger partial charge in [0.1, 0.15) is 5.75 Å². The summed E-state index contributed by atoms with van der Waals surface area (Å²) in [6.45, 7) is 3.90. The topological polar surface area (TPSA) is 129 Å². The van der Waals surface area contributed by atoms with Crippen LogP contribution in [-0.2, 0) is 28.4 Å². The molecule has 12 heteroatoms. The SMILES string of the molecule is CCCN[C@H]1CCc2nc(NC(=O)OP(=O)(O)Oc3cccc4[nH]cc(CCN(C)C)c34)sc2C1. The summed E-state index contributed by atoms with van der Waals surface area (Å²) in [5, 5.41) is 7.03. The average molecular weight is 522 g/mol. The molecule has 2 heterocycles. The van der Waals surface area contributed by atoms with E-state index in [9.17, 15) is 14.3 Å². The van der Waals surface area contributed by atoms with Crippen LogP contribution in [0.5, 0.6) is 5.75 Å². The number of fused-ring (bicyclic) bond motifs is 2. The molecule has 1 aliphatic carbocycles. The predicted molar refractivity (Wildman–Crippen MR) is 137 cm³/mol. The van der Waals surface area contributed by atoms with Gasteiger partial charge in [0.15, 0.2) is 5.13 Å². The Labute approximate surface area is 208 Å². The molecule has 1 aliphatic rings. The summed E-state index contributed by atoms with van der Waals surface area (Å²) in [5.41, 5.74) is 2.65. The number of amides is 1. The maximum Gasteiger partial charge on any atom is 0.588 e. The van der Waals surface area contributed by atoms with Gasteiger partial charge in [-0.3, -0.25) is 10.2 Å². The number of hydrogen-bond donors (Lipinski definition) is 4. The Bertz CT molecular complexity index is 1230. The number of thiazole rings is 1. The second-order valence-corrected chi connectivity index (χ2v) is 11.3. The van der Waals surface area contributed by atoms with Crippen molar-refractivity contribution in [1.82, 2.24) is 20.2 Å². The third-order valence-corrected chi connectivity index (χ3v) is 7.68. The highest BCUT2D eigenvalue weighted by atomic mass is 32.1. The van der Waals surface area contributed by atoms with Crippen LogP contribution in [0.1, 0.15) is 35.9 Å². The van der Waals surface area contributed by atoms with Crippen molar-refractivity contribution in [3.05, 3.63) is 40.5 Å². The van der Waals surface area contributed by atoms with Crippen molar-refractivity contribution < 1.29 is 23.3 Å². The first-order chi connectivity index (χ1) is 16.7. The third kappa shape index (κ3) is 6.62. The number of aryl methyl sites for hydroxylation is 1. The van der Waals surface area contributed by atoms with Crippen LogP contribution in [0.25, 0.3) is 10.9 Å². The maximum absolute atomic E-state index is 12.7. The highest BCUT2D eigenvalue weighted by molar-refractivity contribution is 7.48. The van der Waals surface area contributed by atoms with Gasteiger partial charge in [0, 0.05) is 34.6 Å². The maximum atomic E-state index is 12.7. The summed E-state index contributed by atoms with van der Waals surface area (Å²) in [6, 6.07) is 5.53. The molecular weight excluding hydrogens is 489 g/mol. The molecule has 1 unspecified atom stereocenters. The van der Waals surface area contributed by atoms with Crippen LogP contribution in [0.15, 0.2) is 24.4 Å². The predicted octanol–water partition coefficient (Wildman–Crippen LogP) is 4.31. The molecule has 4 N–H and O–H groups in total. The Balaban J connectivity index is 1.40. The Morgan fingerprint density at radius 2 is 2.23 bits per heavy atom. The number of H-pyrrole nitrogens is 1. The molecule has 35 heavy (non-hydrogen) atoms. The minimum Gasteiger partial charge on any atom is -0.394 e. The molecule has 0 aliphatic heterocycles. The summed E-state index contributed by atoms with van der Waals surface area (Å²) in [6.07, 6.45) is 5.21. The normalized spacial score (nSPS) is 17.2. The summed E-state index contributed by atoms with van der Waals surface area (Å²) < 4.78 is 22.8. The number of hydrogen-bond acceptors (Lipinski definition) is 8. The van der Waals surface area contributed by atoms with E-state index < -0.39 is 13.9 Å². The molecular formula is C23H32N5O5PS. The molecule has 10 nitrogen and oxygen atoms in total. The van der Waals surface area contributed by atoms with Crippen LogP contribution >= 0.6 is 19.2 Å². The average Bonchev–Trinajstić information content (AvgIpc) is 3.39. The molecule has 0 spiro atoms. The van der Waals surface area contributed by atoms with Gasteiger partial charge in [-0.2, -0.15) is 0 Å². The number of likely N-dealkylation sites (N-methyl/N-ethyl adjacent to an activating group) is 1. The first-order valence-electron chi connectivity index (χ1n) is 11.7. The summed E-state index contributed by atoms with van der Waals surface area (Å²) in [7, 11) is -0.797. The van der Waals surface area contributed by atoms with Crippen LogP contribution in [-0.4, -0.2) is 59.1 Å². The zero-order valence-electron chi connectivity index (χ0n) is 20.2. The Morgan fingerprint density at radius 3 is 3.00 bits per heavy atom. The van der Waals surface area contributed by atoms with Gasteiger partial charge in [-0.25, -0.2) is 14.3 Å². The molecule has 0 saturated carbocycles. The lowest BCUT2D eigenvalue weighted by Crippen LogP contribution is -2.34. The molecule has 2 atom stereocenters. The van der Waals surface area contributed by atoms with Gasteiger partial charge in [-0.1, -0.05) is 13.0 Å². The zero-order chi connectivity index (χ0) is 25.0. The van der Waals surface area contributed by atoms with Gasteiger partial charge < -0.3 is 24.2 Å². The van der Waals surface area contributed by atoms with E-state index in [2.05, 4.69) is 27.5 Å². The Morgan fingerprint density at radius 1 is 1.40 bits per heavy atom. The van der Waals surface area contributed by atoms with Crippen LogP contribution in [0.2, 0.25) is 0 Å². The van der Waals surface area contributed by atoms with E-state index in [0.29, 0.717) is 23.0 Å². The van der Waals surface area contributed by atoms with Gasteiger partial charge in [0.2, 0.25) is 0 Å². The fourth-order valence-electron chi connectivity index (χ4n) is 4.15. The lowest BCUT2D eigenvalue weighted by Gasteiger charge is -2.21. The lowest BCUT2D eigenvalue weighted by atomic mass is 9.98. The number of nitrogens with zero attached hydrogens (tertiary/aromatic N) is 2. The number of anilines is 1. The van der Waals surface area contributed by atoms with Crippen LogP contribution in [0.4, 0.5) is 9.93 Å². The number of carbonyl (C=O) groups excluding carboxylic acids is 1. The fraction of sp³-hybridized carbons (Fsp3) is 0.478. The largest absolute Gasteiger partial charge is 0.588 e. The molecule has 190 valence electrons. The highest BCUT2D eigenvalue weighted by Gasteiger charge is 2.31. The summed E-state index contributed by atoms with van der Waals surface area (Å²) >= 11 is 1.36. The smallest absolute Gasteiger partial charge is 0.394 e. The van der Waals surface area contributed by atoms with Gasteiger partial charge in [-0.15, -0.1) is 11.3 Å². The number of nitrogens with one attached hydrogen (secondary N) is 3. The first-order valence-corrected chi connectivity index (χ1v) is 14.0. The van der Waals surface area contributed by atoms with Crippen molar-refractivity contribution in [3.63, 3.8) is 0 Å². The minimum atomic E-state index is -4.74. The van der Waals surface area contributed by atoms with Gasteiger partial charge >= 0.3 is 13.9 Å². The highest BCUT2D eigenvalue weighted by Crippen LogP contribution is 2.46. The van der Waals surface area contributed by atoms with Crippen molar-refractivity contribution in [2.24, 2.45) is 0 Å². The number of benzene rings is 1. The molecule has 2 aromatic heterocycles. The van der Waals surface area contributed by atoms with E-state index in [0.717, 1.165) is 60.4 Å². The third-order valence-electron chi connectivity index (χ3n) is 5.82. The van der Waals surface area contributed by atoms with Crippen LogP contribution in [0, 0.1) is 0 Å². The number of phosphoric acid groups is 1. The van der Waals surface area contributed by atoms with E-state index >= 15 is 0 Å². The molecule has 4 rings (SSSR count). The van der Waals surface area contributed by atoms with Crippen molar-refractivity contribution >= 4 is 41.3 Å². The van der Waals surface area contributed by atoms with Gasteiger partial charge in [-0.05, 0) is 70.4 Å². The molecule has 3 aromatic rings. The van der Waals surface area contributed by atoms with Crippen molar-refractivity contribution in [2.75, 3.05) is 32.5 Å². The number of aromatic nitrogens is 2. The second-order valence-electron chi connectivity index (χ2n) is 8.89. The molecule has 1 amide bonds. The number of carbonyl (C=O) groups is 1. The molecule has 1 aromatic carbocycles. The van der Waals surface area contributed by atoms with Crippen molar-refractivity contribution in [1.29, 1.82) is 0 Å². The summed E-state index contributed by atoms with van der Waals surface area (Å²) in [5.74, 6) is 0.173. The number of rotatable bonds is 10. The quantitative estimate of drug-likeness (QED) is 0.291. The Kier molecular flexibility index (Phi) is 8.13. The van der Waals surface area contributed by atoms with E-state index in [1.807, 2.05) is 31.3 Å². The lowest BCUT2D eigenvalue weighted by molar-refractivity contribution is 0.192. The minimum absolute atomic E-state index is 0.173. The number of aromatic amines is 1. The van der Waals surface area contributed by atoms with Crippen LogP contribution in [0.3, 0.4) is 0 Å². The molecule has 0 fully saturated rings. The standard InChI is InChI=1S/C23H32N5O5PS/c1-4-11-24-16-8-9-17-20(13-16)35-22(26-17)27-23(29)33-34(30,31)32-19-7-5-6-18-21(19)15(14-25-18)10-12-28(2)3/h5-7,14,16,24-25H,4,8-13H2,1-3H3,(H,30,31)(H,26,27,29)/t16-/m0/s1. The van der Waals surface area contributed by atoms with Crippen molar-refractivity contribution in [2.45, 2.75) is 45.1 Å². The van der Waals surface area contributed by atoms with Crippen LogP contribution < -0.4 is 15.2 Å². The molecule has 0 radical (unpaired) electrons. The van der Waals surface area contributed by atoms with Gasteiger partial charge in [0.05, 0.1) is 5.69 Å². The second kappa shape index (κ2) is 11.1. The summed E-state index contributed by atoms with van der Waals surface area (Å²) in [4.78, 5) is 33.5. The first kappa shape index (κ1) is 25.7. The van der Waals surface area contributed by atoms with Gasteiger partial charge in [0.25, 0.3) is 0 Å². The zero-order valence-corrected chi connectivity index (χ0v) is 21.9. The number of phosphoric ester groups is 1. The molecule has 0 bridgehead atoms. The monoisotopic (exact) mass is 521 g/mol. The molecule has 0 saturated heterocycles. The van der Waals surface area contributed by atoms with E-state index in [4.69, 9.17) is 9.05 Å². The van der Waals surface area contributed by atoms with E-state index in [-0.39, 0.29) is 5.75 Å². The van der Waals surface area contributed by atoms with E-state index in [1.54, 1.807) is 12.1 Å².